The normalized spacial score (nSPS) is 29.1. The lowest BCUT2D eigenvalue weighted by atomic mass is 9.70. The first-order valence-electron chi connectivity index (χ1n) is 5.71. The minimum atomic E-state index is -4.30. The van der Waals surface area contributed by atoms with E-state index in [0.717, 1.165) is 19.3 Å². The molecule has 1 rings (SSSR count). The zero-order chi connectivity index (χ0) is 11.7. The van der Waals surface area contributed by atoms with Gasteiger partial charge in [0.25, 0.3) is 0 Å². The Morgan fingerprint density at radius 2 is 1.67 bits per heavy atom. The van der Waals surface area contributed by atoms with Gasteiger partial charge in [-0.25, -0.2) is 0 Å². The van der Waals surface area contributed by atoms with E-state index in [9.17, 15) is 12.3 Å². The Labute approximate surface area is 92.5 Å². The molecule has 4 heteroatoms. The molecule has 1 aliphatic carbocycles. The maximum atomic E-state index is 12.8. The smallest absolute Gasteiger partial charge is 0.195 e. The van der Waals surface area contributed by atoms with Crippen molar-refractivity contribution in [3.8, 4) is 0 Å². The highest BCUT2D eigenvalue weighted by molar-refractivity contribution is 7.87. The fraction of sp³-hybridized carbons (Fsp3) is 1.00. The van der Waals surface area contributed by atoms with E-state index in [0.29, 0.717) is 18.8 Å². The van der Waals surface area contributed by atoms with E-state index in [1.165, 1.54) is 0 Å². The molecule has 0 bridgehead atoms. The summed E-state index contributed by atoms with van der Waals surface area (Å²) >= 11 is 0. The second-order valence-electron chi connectivity index (χ2n) is 5.29. The fourth-order valence-electron chi connectivity index (χ4n) is 2.41. The number of rotatable bonds is 3. The van der Waals surface area contributed by atoms with Crippen LogP contribution in [0.15, 0.2) is 0 Å². The third-order valence-electron chi connectivity index (χ3n) is 4.09. The molecule has 0 spiro atoms. The Hall–Kier alpha value is -0.120. The molecule has 0 saturated heterocycles. The van der Waals surface area contributed by atoms with Crippen LogP contribution < -0.4 is 0 Å². The summed E-state index contributed by atoms with van der Waals surface area (Å²) < 4.78 is 34.2. The van der Waals surface area contributed by atoms with Gasteiger partial charge in [0.15, 0.2) is 0 Å². The summed E-state index contributed by atoms with van der Waals surface area (Å²) in [7, 11) is -4.30. The summed E-state index contributed by atoms with van der Waals surface area (Å²) in [6.07, 6.45) is 3.76. The van der Waals surface area contributed by atoms with Gasteiger partial charge in [-0.3, -0.25) is 0 Å². The Morgan fingerprint density at radius 3 is 2.00 bits per heavy atom. The SMILES string of the molecule is CCC(C)(C)C1CCC(S(=O)(=O)F)CC1. The van der Waals surface area contributed by atoms with Crippen molar-refractivity contribution in [2.24, 2.45) is 11.3 Å². The molecular weight excluding hydrogens is 215 g/mol. The van der Waals surface area contributed by atoms with Gasteiger partial charge in [-0.05, 0) is 37.0 Å². The third kappa shape index (κ3) is 3.16. The molecule has 0 radical (unpaired) electrons. The van der Waals surface area contributed by atoms with E-state index in [-0.39, 0.29) is 5.41 Å². The van der Waals surface area contributed by atoms with Gasteiger partial charge in [0.05, 0.1) is 5.25 Å². The summed E-state index contributed by atoms with van der Waals surface area (Å²) in [5, 5.41) is -0.735. The summed E-state index contributed by atoms with van der Waals surface area (Å²) in [5.41, 5.74) is 0.255. The van der Waals surface area contributed by atoms with Crippen LogP contribution in [0.1, 0.15) is 52.9 Å². The van der Waals surface area contributed by atoms with Gasteiger partial charge < -0.3 is 0 Å². The van der Waals surface area contributed by atoms with E-state index in [2.05, 4.69) is 20.8 Å². The van der Waals surface area contributed by atoms with Gasteiger partial charge in [0.2, 0.25) is 0 Å². The minimum Gasteiger partial charge on any atom is -0.195 e. The lowest BCUT2D eigenvalue weighted by Gasteiger charge is -2.37. The van der Waals surface area contributed by atoms with Crippen LogP contribution in [0.2, 0.25) is 0 Å². The van der Waals surface area contributed by atoms with Crippen LogP contribution in [0.4, 0.5) is 3.89 Å². The number of hydrogen-bond donors (Lipinski definition) is 0. The quantitative estimate of drug-likeness (QED) is 0.705. The highest BCUT2D eigenvalue weighted by Gasteiger charge is 2.36. The molecule has 0 N–H and O–H groups in total. The number of halogens is 1. The maximum absolute atomic E-state index is 12.8. The van der Waals surface area contributed by atoms with Crippen molar-refractivity contribution in [1.82, 2.24) is 0 Å². The van der Waals surface area contributed by atoms with Crippen molar-refractivity contribution in [3.05, 3.63) is 0 Å². The van der Waals surface area contributed by atoms with Crippen LogP contribution in [0.5, 0.6) is 0 Å². The monoisotopic (exact) mass is 236 g/mol. The van der Waals surface area contributed by atoms with E-state index in [1.54, 1.807) is 0 Å². The van der Waals surface area contributed by atoms with Crippen molar-refractivity contribution in [2.75, 3.05) is 0 Å². The molecule has 15 heavy (non-hydrogen) atoms. The second kappa shape index (κ2) is 4.40. The van der Waals surface area contributed by atoms with Crippen molar-refractivity contribution in [3.63, 3.8) is 0 Å². The van der Waals surface area contributed by atoms with Crippen molar-refractivity contribution < 1.29 is 12.3 Å². The van der Waals surface area contributed by atoms with Gasteiger partial charge in [-0.15, -0.1) is 3.89 Å². The zero-order valence-corrected chi connectivity index (χ0v) is 10.6. The van der Waals surface area contributed by atoms with Crippen LogP contribution >= 0.6 is 0 Å². The van der Waals surface area contributed by atoms with Crippen molar-refractivity contribution in [1.29, 1.82) is 0 Å². The van der Waals surface area contributed by atoms with Crippen molar-refractivity contribution in [2.45, 2.75) is 58.1 Å². The molecule has 90 valence electrons. The van der Waals surface area contributed by atoms with Crippen LogP contribution in [0.3, 0.4) is 0 Å². The van der Waals surface area contributed by atoms with Crippen LogP contribution in [0, 0.1) is 11.3 Å². The molecule has 0 atom stereocenters. The Bertz CT molecular complexity index is 301. The fourth-order valence-corrected chi connectivity index (χ4v) is 3.25. The summed E-state index contributed by atoms with van der Waals surface area (Å²) in [5.74, 6) is 0.542. The van der Waals surface area contributed by atoms with E-state index in [1.807, 2.05) is 0 Å². The third-order valence-corrected chi connectivity index (χ3v) is 5.36. The highest BCUT2D eigenvalue weighted by Crippen LogP contribution is 2.41. The molecule has 0 aromatic carbocycles. The van der Waals surface area contributed by atoms with Crippen molar-refractivity contribution >= 4 is 10.2 Å². The molecule has 0 heterocycles. The van der Waals surface area contributed by atoms with Crippen LogP contribution in [-0.4, -0.2) is 13.7 Å². The molecule has 0 aromatic rings. The maximum Gasteiger partial charge on any atom is 0.305 e. The predicted octanol–water partition coefficient (Wildman–Crippen LogP) is 3.28. The standard InChI is InChI=1S/C11H21FO2S/c1-4-11(2,3)9-5-7-10(8-6-9)15(12,13)14/h9-10H,4-8H2,1-3H3. The Morgan fingerprint density at radius 1 is 1.20 bits per heavy atom. The lowest BCUT2D eigenvalue weighted by Crippen LogP contribution is -2.31. The average molecular weight is 236 g/mol. The topological polar surface area (TPSA) is 34.1 Å². The van der Waals surface area contributed by atoms with Crippen LogP contribution in [0.25, 0.3) is 0 Å². The Balaban J connectivity index is 2.57. The first kappa shape index (κ1) is 12.9. The zero-order valence-electron chi connectivity index (χ0n) is 9.79. The minimum absolute atomic E-state index is 0.255. The molecule has 0 unspecified atom stereocenters. The molecular formula is C11H21FO2S. The van der Waals surface area contributed by atoms with Gasteiger partial charge in [-0.2, -0.15) is 8.42 Å². The summed E-state index contributed by atoms with van der Waals surface area (Å²) in [4.78, 5) is 0. The van der Waals surface area contributed by atoms with E-state index >= 15 is 0 Å². The largest absolute Gasteiger partial charge is 0.305 e. The van der Waals surface area contributed by atoms with E-state index in [4.69, 9.17) is 0 Å². The van der Waals surface area contributed by atoms with Gasteiger partial charge in [0, 0.05) is 0 Å². The molecule has 1 saturated carbocycles. The molecule has 0 amide bonds. The van der Waals surface area contributed by atoms with E-state index < -0.39 is 15.5 Å². The molecule has 0 aliphatic heterocycles. The molecule has 1 fully saturated rings. The summed E-state index contributed by atoms with van der Waals surface area (Å²) in [6, 6.07) is 0. The Kier molecular flexibility index (Phi) is 3.80. The lowest BCUT2D eigenvalue weighted by molar-refractivity contribution is 0.153. The molecule has 1 aliphatic rings. The van der Waals surface area contributed by atoms with Crippen LogP contribution in [-0.2, 0) is 10.2 Å². The molecule has 0 aromatic heterocycles. The predicted molar refractivity (Wildman–Crippen MR) is 59.8 cm³/mol. The van der Waals surface area contributed by atoms with Gasteiger partial charge in [0.1, 0.15) is 0 Å². The average Bonchev–Trinajstić information content (AvgIpc) is 2.17. The summed E-state index contributed by atoms with van der Waals surface area (Å²) in [6.45, 7) is 6.57. The van der Waals surface area contributed by atoms with Gasteiger partial charge in [-0.1, -0.05) is 27.2 Å². The number of hydrogen-bond acceptors (Lipinski definition) is 2. The first-order chi connectivity index (χ1) is 6.77. The molecule has 2 nitrogen and oxygen atoms in total. The second-order valence-corrected chi connectivity index (χ2v) is 6.91. The van der Waals surface area contributed by atoms with Gasteiger partial charge >= 0.3 is 10.2 Å². The first-order valence-corrected chi connectivity index (χ1v) is 7.15. The highest BCUT2D eigenvalue weighted by atomic mass is 32.3.